The summed E-state index contributed by atoms with van der Waals surface area (Å²) in [6.07, 6.45) is 5.77. The lowest BCUT2D eigenvalue weighted by atomic mass is 9.89. The highest BCUT2D eigenvalue weighted by atomic mass is 16.5. The topological polar surface area (TPSA) is 29.5 Å². The summed E-state index contributed by atoms with van der Waals surface area (Å²) in [5.74, 6) is 0.785. The normalized spacial score (nSPS) is 30.3. The first-order chi connectivity index (χ1) is 7.68. The largest absolute Gasteiger partial charge is 0.374 e. The second-order valence-electron chi connectivity index (χ2n) is 5.45. The van der Waals surface area contributed by atoms with Gasteiger partial charge in [0.1, 0.15) is 0 Å². The molecule has 0 aromatic rings. The van der Waals surface area contributed by atoms with Crippen LogP contribution in [0.2, 0.25) is 0 Å². The third-order valence-corrected chi connectivity index (χ3v) is 3.64. The number of hydrogen-bond donors (Lipinski definition) is 0. The minimum absolute atomic E-state index is 0.318. The first-order valence-corrected chi connectivity index (χ1v) is 6.59. The van der Waals surface area contributed by atoms with Gasteiger partial charge in [0.15, 0.2) is 0 Å². The molecule has 1 saturated carbocycles. The smallest absolute Gasteiger partial charge is 0.223 e. The molecule has 2 aliphatic rings. The number of ether oxygens (including phenoxy) is 1. The van der Waals surface area contributed by atoms with E-state index in [0.717, 1.165) is 26.0 Å². The fraction of sp³-hybridized carbons (Fsp3) is 0.923. The van der Waals surface area contributed by atoms with E-state index in [-0.39, 0.29) is 0 Å². The molecule has 16 heavy (non-hydrogen) atoms. The van der Waals surface area contributed by atoms with E-state index in [1.54, 1.807) is 0 Å². The van der Waals surface area contributed by atoms with Gasteiger partial charge in [-0.25, -0.2) is 0 Å². The molecular weight excluding hydrogens is 202 g/mol. The number of carbonyl (C=O) groups excluding carboxylic acids is 1. The fourth-order valence-corrected chi connectivity index (χ4v) is 2.87. The lowest BCUT2D eigenvalue weighted by molar-refractivity contribution is -0.150. The molecule has 0 radical (unpaired) electrons. The maximum atomic E-state index is 12.1. The Morgan fingerprint density at radius 2 is 2.12 bits per heavy atom. The number of hydrogen-bond acceptors (Lipinski definition) is 2. The summed E-state index contributed by atoms with van der Waals surface area (Å²) in [6, 6.07) is 0.369. The van der Waals surface area contributed by atoms with Crippen molar-refractivity contribution in [3.63, 3.8) is 0 Å². The van der Waals surface area contributed by atoms with Gasteiger partial charge in [-0.2, -0.15) is 0 Å². The summed E-state index contributed by atoms with van der Waals surface area (Å²) < 4.78 is 5.77. The maximum absolute atomic E-state index is 12.1. The first-order valence-electron chi connectivity index (χ1n) is 6.59. The van der Waals surface area contributed by atoms with Crippen molar-refractivity contribution in [1.82, 2.24) is 4.90 Å². The lowest BCUT2D eigenvalue weighted by Crippen LogP contribution is -2.55. The zero-order chi connectivity index (χ0) is 11.5. The van der Waals surface area contributed by atoms with Gasteiger partial charge in [0, 0.05) is 13.0 Å². The number of morpholine rings is 1. The van der Waals surface area contributed by atoms with Crippen LogP contribution in [0.1, 0.15) is 46.0 Å². The number of nitrogens with zero attached hydrogens (tertiary/aromatic N) is 1. The zero-order valence-electron chi connectivity index (χ0n) is 10.4. The average Bonchev–Trinajstić information content (AvgIpc) is 2.27. The summed E-state index contributed by atoms with van der Waals surface area (Å²) in [4.78, 5) is 14.2. The highest BCUT2D eigenvalue weighted by Gasteiger charge is 2.36. The molecule has 3 nitrogen and oxygen atoms in total. The van der Waals surface area contributed by atoms with Crippen molar-refractivity contribution >= 4 is 5.91 Å². The van der Waals surface area contributed by atoms with Crippen molar-refractivity contribution in [3.8, 4) is 0 Å². The third-order valence-electron chi connectivity index (χ3n) is 3.64. The van der Waals surface area contributed by atoms with Gasteiger partial charge in [-0.05, 0) is 18.8 Å². The second-order valence-corrected chi connectivity index (χ2v) is 5.45. The summed E-state index contributed by atoms with van der Waals surface area (Å²) >= 11 is 0. The van der Waals surface area contributed by atoms with Crippen molar-refractivity contribution in [2.75, 3.05) is 13.2 Å². The van der Waals surface area contributed by atoms with Crippen LogP contribution in [0.4, 0.5) is 0 Å². The van der Waals surface area contributed by atoms with Crippen molar-refractivity contribution in [3.05, 3.63) is 0 Å². The van der Waals surface area contributed by atoms with Crippen molar-refractivity contribution < 1.29 is 9.53 Å². The molecule has 0 spiro atoms. The molecule has 1 aliphatic carbocycles. The molecule has 1 amide bonds. The van der Waals surface area contributed by atoms with Crippen LogP contribution in [-0.4, -0.2) is 36.1 Å². The van der Waals surface area contributed by atoms with Crippen molar-refractivity contribution in [2.24, 2.45) is 5.92 Å². The molecule has 1 saturated heterocycles. The first kappa shape index (κ1) is 11.9. The summed E-state index contributed by atoms with van der Waals surface area (Å²) in [6.45, 7) is 5.74. The Balaban J connectivity index is 1.99. The van der Waals surface area contributed by atoms with Crippen LogP contribution >= 0.6 is 0 Å². The van der Waals surface area contributed by atoms with Crippen LogP contribution < -0.4 is 0 Å². The second kappa shape index (κ2) is 5.17. The van der Waals surface area contributed by atoms with E-state index >= 15 is 0 Å². The Hall–Kier alpha value is -0.570. The number of rotatable bonds is 2. The van der Waals surface area contributed by atoms with Gasteiger partial charge in [-0.1, -0.05) is 26.7 Å². The van der Waals surface area contributed by atoms with Gasteiger partial charge in [-0.15, -0.1) is 0 Å². The fourth-order valence-electron chi connectivity index (χ4n) is 2.87. The highest BCUT2D eigenvalue weighted by molar-refractivity contribution is 5.77. The Labute approximate surface area is 98.1 Å². The third kappa shape index (κ3) is 2.57. The molecule has 0 bridgehead atoms. The minimum atomic E-state index is 0.318. The number of fused-ring (bicyclic) bond motifs is 1. The van der Waals surface area contributed by atoms with Crippen LogP contribution in [0.5, 0.6) is 0 Å². The molecule has 0 aromatic carbocycles. The van der Waals surface area contributed by atoms with E-state index < -0.39 is 0 Å². The molecule has 2 fully saturated rings. The molecule has 2 atom stereocenters. The van der Waals surface area contributed by atoms with Gasteiger partial charge >= 0.3 is 0 Å². The highest BCUT2D eigenvalue weighted by Crippen LogP contribution is 2.29. The molecule has 2 rings (SSSR count). The zero-order valence-corrected chi connectivity index (χ0v) is 10.4. The molecule has 3 heteroatoms. The predicted molar refractivity (Wildman–Crippen MR) is 63.2 cm³/mol. The Kier molecular flexibility index (Phi) is 3.85. The average molecular weight is 225 g/mol. The van der Waals surface area contributed by atoms with Gasteiger partial charge in [0.2, 0.25) is 5.91 Å². The Morgan fingerprint density at radius 1 is 1.38 bits per heavy atom. The van der Waals surface area contributed by atoms with Crippen LogP contribution in [0, 0.1) is 5.92 Å². The van der Waals surface area contributed by atoms with Crippen LogP contribution in [-0.2, 0) is 9.53 Å². The van der Waals surface area contributed by atoms with Crippen molar-refractivity contribution in [2.45, 2.75) is 58.1 Å². The molecule has 1 heterocycles. The monoisotopic (exact) mass is 225 g/mol. The van der Waals surface area contributed by atoms with E-state index in [0.29, 0.717) is 30.4 Å². The Bertz CT molecular complexity index is 250. The van der Waals surface area contributed by atoms with Crippen molar-refractivity contribution in [1.29, 1.82) is 0 Å². The summed E-state index contributed by atoms with van der Waals surface area (Å²) in [7, 11) is 0. The molecule has 0 unspecified atom stereocenters. The van der Waals surface area contributed by atoms with E-state index in [1.165, 1.54) is 12.8 Å². The van der Waals surface area contributed by atoms with E-state index in [1.807, 2.05) is 0 Å². The van der Waals surface area contributed by atoms with Gasteiger partial charge in [0.25, 0.3) is 0 Å². The quantitative estimate of drug-likeness (QED) is 0.721. The van der Waals surface area contributed by atoms with Crippen LogP contribution in [0.15, 0.2) is 0 Å². The van der Waals surface area contributed by atoms with Gasteiger partial charge < -0.3 is 9.64 Å². The molecular formula is C13H23NO2. The van der Waals surface area contributed by atoms with E-state index in [9.17, 15) is 4.79 Å². The minimum Gasteiger partial charge on any atom is -0.374 e. The Morgan fingerprint density at radius 3 is 2.88 bits per heavy atom. The van der Waals surface area contributed by atoms with Crippen LogP contribution in [0.25, 0.3) is 0 Å². The number of carbonyl (C=O) groups is 1. The van der Waals surface area contributed by atoms with Gasteiger partial charge in [0.05, 0.1) is 18.8 Å². The number of amides is 1. The SMILES string of the molecule is CC(C)CC(=O)N1CCO[C@H]2CCCC[C@@H]21. The molecule has 0 N–H and O–H groups in total. The van der Waals surface area contributed by atoms with E-state index in [4.69, 9.17) is 4.74 Å². The molecule has 1 aliphatic heterocycles. The van der Waals surface area contributed by atoms with Crippen LogP contribution in [0.3, 0.4) is 0 Å². The molecule has 92 valence electrons. The molecule has 0 aromatic heterocycles. The summed E-state index contributed by atoms with van der Waals surface area (Å²) in [5.41, 5.74) is 0. The van der Waals surface area contributed by atoms with Gasteiger partial charge in [-0.3, -0.25) is 4.79 Å². The lowest BCUT2D eigenvalue weighted by Gasteiger charge is -2.44. The maximum Gasteiger partial charge on any atom is 0.223 e. The standard InChI is InChI=1S/C13H23NO2/c1-10(2)9-13(15)14-7-8-16-12-6-4-3-5-11(12)14/h10-12H,3-9H2,1-2H3/t11-,12-/m0/s1. The summed E-state index contributed by atoms with van der Waals surface area (Å²) in [5, 5.41) is 0. The predicted octanol–water partition coefficient (Wildman–Crippen LogP) is 2.20. The van der Waals surface area contributed by atoms with E-state index in [2.05, 4.69) is 18.7 Å².